The summed E-state index contributed by atoms with van der Waals surface area (Å²) in [5, 5.41) is 0. The van der Waals surface area contributed by atoms with Crippen molar-refractivity contribution in [3.05, 3.63) is 35.0 Å². The highest BCUT2D eigenvalue weighted by Crippen LogP contribution is 2.09. The van der Waals surface area contributed by atoms with Gasteiger partial charge in [0.05, 0.1) is 11.4 Å². The summed E-state index contributed by atoms with van der Waals surface area (Å²) >= 11 is 0. The van der Waals surface area contributed by atoms with E-state index in [1.807, 2.05) is 12.1 Å². The van der Waals surface area contributed by atoms with Gasteiger partial charge in [0.25, 0.3) is 0 Å². The third-order valence-corrected chi connectivity index (χ3v) is 1.48. The van der Waals surface area contributed by atoms with Crippen LogP contribution >= 0.6 is 0 Å². The van der Waals surface area contributed by atoms with Gasteiger partial charge in [-0.15, -0.1) is 0 Å². The molecule has 0 spiro atoms. The van der Waals surface area contributed by atoms with Crippen molar-refractivity contribution in [1.82, 2.24) is 15.0 Å². The molecule has 0 radical (unpaired) electrons. The van der Waals surface area contributed by atoms with E-state index in [-0.39, 0.29) is 5.69 Å². The summed E-state index contributed by atoms with van der Waals surface area (Å²) in [4.78, 5) is 18.8. The minimum atomic E-state index is -0.186. The summed E-state index contributed by atoms with van der Waals surface area (Å²) < 4.78 is 0. The molecule has 11 heavy (non-hydrogen) atoms. The van der Waals surface area contributed by atoms with E-state index < -0.39 is 0 Å². The van der Waals surface area contributed by atoms with Gasteiger partial charge in [-0.1, -0.05) is 0 Å². The molecule has 4 nitrogen and oxygen atoms in total. The summed E-state index contributed by atoms with van der Waals surface area (Å²) in [7, 11) is 0. The van der Waals surface area contributed by atoms with Crippen LogP contribution < -0.4 is 5.69 Å². The lowest BCUT2D eigenvalue weighted by Gasteiger charge is -1.86. The molecule has 2 aromatic rings. The van der Waals surface area contributed by atoms with Crippen molar-refractivity contribution in [2.75, 3.05) is 0 Å². The molecule has 4 heteroatoms. The maximum absolute atomic E-state index is 10.7. The van der Waals surface area contributed by atoms with E-state index in [4.69, 9.17) is 0 Å². The highest BCUT2D eigenvalue weighted by molar-refractivity contribution is 5.52. The maximum Gasteiger partial charge on any atom is 0.323 e. The number of imidazole rings is 1. The van der Waals surface area contributed by atoms with E-state index >= 15 is 0 Å². The molecule has 2 heterocycles. The molecular weight excluding hydrogens is 142 g/mol. The van der Waals surface area contributed by atoms with Crippen molar-refractivity contribution in [3.8, 4) is 11.4 Å². The van der Waals surface area contributed by atoms with Crippen LogP contribution in [0.1, 0.15) is 0 Å². The van der Waals surface area contributed by atoms with Gasteiger partial charge in [-0.3, -0.25) is 0 Å². The molecule has 0 aromatic carbocycles. The van der Waals surface area contributed by atoms with Gasteiger partial charge in [-0.2, -0.15) is 0 Å². The van der Waals surface area contributed by atoms with E-state index in [9.17, 15) is 4.79 Å². The predicted molar refractivity (Wildman–Crippen MR) is 41.2 cm³/mol. The van der Waals surface area contributed by atoms with Gasteiger partial charge in [0, 0.05) is 12.4 Å². The summed E-state index contributed by atoms with van der Waals surface area (Å²) in [5.74, 6) is 0. The normalized spacial score (nSPS) is 10.2. The Hall–Kier alpha value is -1.71. The number of hydrogen-bond donors (Lipinski definition) is 3. The van der Waals surface area contributed by atoms with E-state index in [1.54, 1.807) is 12.4 Å². The summed E-state index contributed by atoms with van der Waals surface area (Å²) in [5.41, 5.74) is 1.50. The van der Waals surface area contributed by atoms with Crippen LogP contribution in [0.15, 0.2) is 29.3 Å². The van der Waals surface area contributed by atoms with Gasteiger partial charge in [-0.25, -0.2) is 4.79 Å². The minimum absolute atomic E-state index is 0.186. The molecule has 0 bridgehead atoms. The van der Waals surface area contributed by atoms with E-state index in [2.05, 4.69) is 15.0 Å². The SMILES string of the molecule is O=c1[nH]cc(-c2ccc[nH]2)[nH]1. The fraction of sp³-hybridized carbons (Fsp3) is 0. The third-order valence-electron chi connectivity index (χ3n) is 1.48. The van der Waals surface area contributed by atoms with Gasteiger partial charge in [0.1, 0.15) is 0 Å². The molecule has 0 unspecified atom stereocenters. The molecule has 0 fully saturated rings. The monoisotopic (exact) mass is 149 g/mol. The molecule has 56 valence electrons. The molecule has 2 rings (SSSR count). The lowest BCUT2D eigenvalue weighted by atomic mass is 10.3. The van der Waals surface area contributed by atoms with Crippen LogP contribution in [0, 0.1) is 0 Å². The Morgan fingerprint density at radius 3 is 2.64 bits per heavy atom. The van der Waals surface area contributed by atoms with Crippen LogP contribution in [0.5, 0.6) is 0 Å². The van der Waals surface area contributed by atoms with Gasteiger partial charge in [0.15, 0.2) is 0 Å². The number of nitrogens with one attached hydrogen (secondary N) is 3. The van der Waals surface area contributed by atoms with Crippen molar-refractivity contribution in [3.63, 3.8) is 0 Å². The van der Waals surface area contributed by atoms with Gasteiger partial charge in [0.2, 0.25) is 0 Å². The highest BCUT2D eigenvalue weighted by Gasteiger charge is 1.97. The van der Waals surface area contributed by atoms with E-state index in [0.717, 1.165) is 11.4 Å². The maximum atomic E-state index is 10.7. The predicted octanol–water partition coefficient (Wildman–Crippen LogP) is 0.698. The topological polar surface area (TPSA) is 64.4 Å². The lowest BCUT2D eigenvalue weighted by molar-refractivity contribution is 1.19. The number of H-pyrrole nitrogens is 3. The Morgan fingerprint density at radius 2 is 2.09 bits per heavy atom. The van der Waals surface area contributed by atoms with Crippen LogP contribution in [0.3, 0.4) is 0 Å². The zero-order chi connectivity index (χ0) is 7.68. The molecule has 0 saturated carbocycles. The smallest absolute Gasteiger partial charge is 0.323 e. The van der Waals surface area contributed by atoms with Gasteiger partial charge < -0.3 is 15.0 Å². The average Bonchev–Trinajstić information content (AvgIpc) is 2.55. The fourth-order valence-corrected chi connectivity index (χ4v) is 0.975. The molecule has 0 aliphatic carbocycles. The molecule has 0 atom stereocenters. The number of rotatable bonds is 1. The molecule has 0 amide bonds. The van der Waals surface area contributed by atoms with Crippen molar-refractivity contribution >= 4 is 0 Å². The average molecular weight is 149 g/mol. The molecular formula is C7H7N3O. The van der Waals surface area contributed by atoms with Crippen molar-refractivity contribution in [1.29, 1.82) is 0 Å². The van der Waals surface area contributed by atoms with Crippen molar-refractivity contribution < 1.29 is 0 Å². The molecule has 0 saturated heterocycles. The standard InChI is InChI=1S/C7H7N3O/c11-7-9-4-6(10-7)5-2-1-3-8-5/h1-4,8H,(H2,9,10,11). The molecule has 0 aliphatic rings. The van der Waals surface area contributed by atoms with Crippen LogP contribution in [-0.2, 0) is 0 Å². The zero-order valence-corrected chi connectivity index (χ0v) is 5.72. The summed E-state index contributed by atoms with van der Waals surface area (Å²) in [6.45, 7) is 0. The zero-order valence-electron chi connectivity index (χ0n) is 5.72. The Labute approximate surface area is 62.3 Å². The first kappa shape index (κ1) is 6.03. The Morgan fingerprint density at radius 1 is 1.18 bits per heavy atom. The van der Waals surface area contributed by atoms with Crippen LogP contribution in [-0.4, -0.2) is 15.0 Å². The van der Waals surface area contributed by atoms with Crippen molar-refractivity contribution in [2.24, 2.45) is 0 Å². The summed E-state index contributed by atoms with van der Waals surface area (Å²) in [6.07, 6.45) is 3.44. The van der Waals surface area contributed by atoms with Crippen LogP contribution in [0.25, 0.3) is 11.4 Å². The van der Waals surface area contributed by atoms with Gasteiger partial charge in [-0.05, 0) is 12.1 Å². The quantitative estimate of drug-likeness (QED) is 0.549. The van der Waals surface area contributed by atoms with Crippen LogP contribution in [0.4, 0.5) is 0 Å². The minimum Gasteiger partial charge on any atom is -0.360 e. The second-order valence-corrected chi connectivity index (χ2v) is 2.24. The van der Waals surface area contributed by atoms with Crippen molar-refractivity contribution in [2.45, 2.75) is 0 Å². The van der Waals surface area contributed by atoms with E-state index in [0.29, 0.717) is 0 Å². The summed E-state index contributed by atoms with van der Waals surface area (Å²) in [6, 6.07) is 3.76. The third kappa shape index (κ3) is 0.980. The number of aromatic nitrogens is 3. The fourth-order valence-electron chi connectivity index (χ4n) is 0.975. The molecule has 0 aliphatic heterocycles. The first-order chi connectivity index (χ1) is 5.36. The van der Waals surface area contributed by atoms with Gasteiger partial charge >= 0.3 is 5.69 Å². The number of aromatic amines is 3. The highest BCUT2D eigenvalue weighted by atomic mass is 16.1. The first-order valence-corrected chi connectivity index (χ1v) is 3.28. The Kier molecular flexibility index (Phi) is 1.18. The second kappa shape index (κ2) is 2.16. The second-order valence-electron chi connectivity index (χ2n) is 2.24. The number of hydrogen-bond acceptors (Lipinski definition) is 1. The molecule has 2 aromatic heterocycles. The Bertz CT molecular complexity index is 382. The lowest BCUT2D eigenvalue weighted by Crippen LogP contribution is -1.99. The van der Waals surface area contributed by atoms with Crippen LogP contribution in [0.2, 0.25) is 0 Å². The first-order valence-electron chi connectivity index (χ1n) is 3.28. The Balaban J connectivity index is 2.53. The molecule has 3 N–H and O–H groups in total. The largest absolute Gasteiger partial charge is 0.360 e. The van der Waals surface area contributed by atoms with E-state index in [1.165, 1.54) is 0 Å².